The van der Waals surface area contributed by atoms with Crippen LogP contribution in [0.2, 0.25) is 0 Å². The summed E-state index contributed by atoms with van der Waals surface area (Å²) in [7, 11) is 0. The fraction of sp³-hybridized carbons (Fsp3) is 0.846. The lowest BCUT2D eigenvalue weighted by atomic mass is 9.89. The zero-order chi connectivity index (χ0) is 13.0. The molecule has 0 aromatic heterocycles. The zero-order valence-corrected chi connectivity index (χ0v) is 11.0. The lowest BCUT2D eigenvalue weighted by Gasteiger charge is -2.37. The number of nitrogens with zero attached hydrogens (tertiary/aromatic N) is 1. The first-order chi connectivity index (χ1) is 8.72. The maximum absolute atomic E-state index is 11.7. The fourth-order valence-corrected chi connectivity index (χ4v) is 2.80. The zero-order valence-electron chi connectivity index (χ0n) is 11.0. The molecule has 5 heteroatoms. The van der Waals surface area contributed by atoms with Crippen LogP contribution in [0.25, 0.3) is 0 Å². The highest BCUT2D eigenvalue weighted by atomic mass is 16.5. The van der Waals surface area contributed by atoms with Crippen molar-refractivity contribution in [3.05, 3.63) is 0 Å². The van der Waals surface area contributed by atoms with Gasteiger partial charge in [-0.3, -0.25) is 14.5 Å². The van der Waals surface area contributed by atoms with Crippen molar-refractivity contribution in [2.75, 3.05) is 19.8 Å². The number of morpholine rings is 1. The van der Waals surface area contributed by atoms with Gasteiger partial charge in [0, 0.05) is 12.1 Å². The summed E-state index contributed by atoms with van der Waals surface area (Å²) in [6.07, 6.45) is 5.06. The maximum atomic E-state index is 11.7. The van der Waals surface area contributed by atoms with Crippen LogP contribution in [0.5, 0.6) is 0 Å². The molecule has 1 saturated heterocycles. The second kappa shape index (κ2) is 6.29. The minimum absolute atomic E-state index is 0.0553. The van der Waals surface area contributed by atoms with Crippen molar-refractivity contribution in [1.29, 1.82) is 0 Å². The number of hydrogen-bond acceptors (Lipinski definition) is 4. The van der Waals surface area contributed by atoms with Crippen LogP contribution in [0.1, 0.15) is 39.0 Å². The second-order valence-corrected chi connectivity index (χ2v) is 5.11. The smallest absolute Gasteiger partial charge is 0.255 e. The van der Waals surface area contributed by atoms with E-state index in [0.29, 0.717) is 6.04 Å². The Morgan fingerprint density at radius 1 is 1.17 bits per heavy atom. The molecule has 2 amide bonds. The van der Waals surface area contributed by atoms with Crippen LogP contribution < -0.4 is 5.32 Å². The van der Waals surface area contributed by atoms with Crippen LogP contribution in [0.4, 0.5) is 0 Å². The SMILES string of the molecule is CCCNC1CCC(N2C(=O)COCC2=O)CC1. The van der Waals surface area contributed by atoms with E-state index in [-0.39, 0.29) is 31.1 Å². The summed E-state index contributed by atoms with van der Waals surface area (Å²) in [6, 6.07) is 0.640. The van der Waals surface area contributed by atoms with E-state index in [4.69, 9.17) is 4.74 Å². The van der Waals surface area contributed by atoms with Crippen molar-refractivity contribution in [2.45, 2.75) is 51.1 Å². The Balaban J connectivity index is 1.84. The highest BCUT2D eigenvalue weighted by molar-refractivity contribution is 5.98. The van der Waals surface area contributed by atoms with Gasteiger partial charge in [-0.05, 0) is 38.6 Å². The molecular weight excluding hydrogens is 232 g/mol. The van der Waals surface area contributed by atoms with Crippen LogP contribution >= 0.6 is 0 Å². The van der Waals surface area contributed by atoms with Crippen LogP contribution in [0.3, 0.4) is 0 Å². The van der Waals surface area contributed by atoms with E-state index in [1.54, 1.807) is 0 Å². The highest BCUT2D eigenvalue weighted by Gasteiger charge is 2.35. The Bertz CT molecular complexity index is 295. The molecular formula is C13H22N2O3. The van der Waals surface area contributed by atoms with E-state index in [2.05, 4.69) is 12.2 Å². The predicted molar refractivity (Wildman–Crippen MR) is 67.0 cm³/mol. The monoisotopic (exact) mass is 254 g/mol. The molecule has 0 atom stereocenters. The van der Waals surface area contributed by atoms with Crippen molar-refractivity contribution in [2.24, 2.45) is 0 Å². The molecule has 0 aromatic carbocycles. The molecule has 1 aliphatic heterocycles. The summed E-state index contributed by atoms with van der Waals surface area (Å²) in [5.41, 5.74) is 0. The topological polar surface area (TPSA) is 58.6 Å². The number of amides is 2. The highest BCUT2D eigenvalue weighted by Crippen LogP contribution is 2.24. The Labute approximate surface area is 108 Å². The lowest BCUT2D eigenvalue weighted by Crippen LogP contribution is -2.53. The fourth-order valence-electron chi connectivity index (χ4n) is 2.80. The van der Waals surface area contributed by atoms with Crippen molar-refractivity contribution in [3.63, 3.8) is 0 Å². The van der Waals surface area contributed by atoms with Gasteiger partial charge in [0.25, 0.3) is 11.8 Å². The number of imide groups is 1. The summed E-state index contributed by atoms with van der Waals surface area (Å²) in [5.74, 6) is -0.340. The Hall–Kier alpha value is -0.940. The molecule has 1 N–H and O–H groups in total. The number of ether oxygens (including phenoxy) is 1. The molecule has 1 heterocycles. The van der Waals surface area contributed by atoms with Crippen molar-refractivity contribution in [1.82, 2.24) is 10.2 Å². The molecule has 2 aliphatic rings. The lowest BCUT2D eigenvalue weighted by molar-refractivity contribution is -0.162. The molecule has 0 aromatic rings. The van der Waals surface area contributed by atoms with Gasteiger partial charge in [0.05, 0.1) is 0 Å². The number of carbonyl (C=O) groups is 2. The first kappa shape index (κ1) is 13.5. The van der Waals surface area contributed by atoms with Gasteiger partial charge in [-0.15, -0.1) is 0 Å². The molecule has 102 valence electrons. The normalized spacial score (nSPS) is 29.7. The third-order valence-corrected chi connectivity index (χ3v) is 3.73. The molecule has 2 rings (SSSR count). The standard InChI is InChI=1S/C13H22N2O3/c1-2-7-14-10-3-5-11(6-4-10)15-12(16)8-18-9-13(15)17/h10-11,14H,2-9H2,1H3. The molecule has 1 saturated carbocycles. The first-order valence-corrected chi connectivity index (χ1v) is 6.88. The predicted octanol–water partition coefficient (Wildman–Crippen LogP) is 0.683. The maximum Gasteiger partial charge on any atom is 0.255 e. The van der Waals surface area contributed by atoms with E-state index in [1.165, 1.54) is 4.90 Å². The van der Waals surface area contributed by atoms with E-state index in [1.807, 2.05) is 0 Å². The van der Waals surface area contributed by atoms with E-state index >= 15 is 0 Å². The van der Waals surface area contributed by atoms with E-state index in [9.17, 15) is 9.59 Å². The largest absolute Gasteiger partial charge is 0.362 e. The molecule has 0 spiro atoms. The molecule has 5 nitrogen and oxygen atoms in total. The van der Waals surface area contributed by atoms with Crippen LogP contribution in [-0.4, -0.2) is 48.6 Å². The van der Waals surface area contributed by atoms with Crippen LogP contribution in [0.15, 0.2) is 0 Å². The molecule has 0 unspecified atom stereocenters. The number of nitrogens with one attached hydrogen (secondary N) is 1. The van der Waals surface area contributed by atoms with Crippen LogP contribution in [-0.2, 0) is 14.3 Å². The Morgan fingerprint density at radius 2 is 1.78 bits per heavy atom. The minimum atomic E-state index is -0.170. The Kier molecular flexibility index (Phi) is 4.72. The summed E-state index contributed by atoms with van der Waals surface area (Å²) >= 11 is 0. The van der Waals surface area contributed by atoms with Crippen molar-refractivity contribution < 1.29 is 14.3 Å². The average Bonchev–Trinajstić information content (AvgIpc) is 2.37. The van der Waals surface area contributed by atoms with Gasteiger partial charge in [-0.25, -0.2) is 0 Å². The average molecular weight is 254 g/mol. The molecule has 0 radical (unpaired) electrons. The third-order valence-electron chi connectivity index (χ3n) is 3.73. The molecule has 2 fully saturated rings. The van der Waals surface area contributed by atoms with Gasteiger partial charge in [0.15, 0.2) is 0 Å². The Morgan fingerprint density at radius 3 is 2.33 bits per heavy atom. The van der Waals surface area contributed by atoms with Crippen molar-refractivity contribution in [3.8, 4) is 0 Å². The van der Waals surface area contributed by atoms with Crippen LogP contribution in [0, 0.1) is 0 Å². The van der Waals surface area contributed by atoms with Gasteiger partial charge in [-0.1, -0.05) is 6.92 Å². The number of hydrogen-bond donors (Lipinski definition) is 1. The molecule has 1 aliphatic carbocycles. The molecule has 18 heavy (non-hydrogen) atoms. The van der Waals surface area contributed by atoms with Gasteiger partial charge in [0.2, 0.25) is 0 Å². The second-order valence-electron chi connectivity index (χ2n) is 5.11. The summed E-state index contributed by atoms with van der Waals surface area (Å²) in [4.78, 5) is 24.9. The summed E-state index contributed by atoms with van der Waals surface area (Å²) < 4.78 is 4.94. The van der Waals surface area contributed by atoms with E-state index in [0.717, 1.165) is 38.6 Å². The number of rotatable bonds is 4. The van der Waals surface area contributed by atoms with Gasteiger partial charge in [0.1, 0.15) is 13.2 Å². The van der Waals surface area contributed by atoms with Gasteiger partial charge >= 0.3 is 0 Å². The summed E-state index contributed by atoms with van der Waals surface area (Å²) in [6.45, 7) is 3.31. The van der Waals surface area contributed by atoms with Gasteiger partial charge < -0.3 is 10.1 Å². The summed E-state index contributed by atoms with van der Waals surface area (Å²) in [5, 5.41) is 3.50. The third kappa shape index (κ3) is 3.09. The molecule has 0 bridgehead atoms. The quantitative estimate of drug-likeness (QED) is 0.750. The van der Waals surface area contributed by atoms with E-state index < -0.39 is 0 Å². The van der Waals surface area contributed by atoms with Gasteiger partial charge in [-0.2, -0.15) is 0 Å². The van der Waals surface area contributed by atoms with Crippen molar-refractivity contribution >= 4 is 11.8 Å². The number of carbonyl (C=O) groups excluding carboxylic acids is 2. The minimum Gasteiger partial charge on any atom is -0.362 e. The first-order valence-electron chi connectivity index (χ1n) is 6.88.